The van der Waals surface area contributed by atoms with Crippen LogP contribution in [0.4, 0.5) is 16.2 Å². The Morgan fingerprint density at radius 2 is 1.71 bits per heavy atom. The van der Waals surface area contributed by atoms with Crippen LogP contribution in [0.2, 0.25) is 0 Å². The maximum atomic E-state index is 14.4. The van der Waals surface area contributed by atoms with Gasteiger partial charge in [0.2, 0.25) is 5.78 Å². The molecular weight excluding hydrogens is 766 g/mol. The molecule has 0 radical (unpaired) electrons. The smallest absolute Gasteiger partial charge is 0.341 e. The number of hydrogen-bond acceptors (Lipinski definition) is 6. The lowest BCUT2D eigenvalue weighted by Crippen LogP contribution is -2.31. The summed E-state index contributed by atoms with van der Waals surface area (Å²) in [7, 11) is 1.55. The summed E-state index contributed by atoms with van der Waals surface area (Å²) >= 11 is 4.29. The number of methoxy groups -OCH3 is 1. The number of unbranched alkanes of at least 4 members (excludes halogenated alkanes) is 1. The first-order valence-electron chi connectivity index (χ1n) is 13.3. The fraction of sp³-hybridized carbons (Fsp3) is 0.258. The minimum Gasteiger partial charge on any atom is -0.497 e. The molecule has 1 aromatic heterocycles. The molecule has 0 aliphatic heterocycles. The van der Waals surface area contributed by atoms with E-state index in [1.165, 1.54) is 4.90 Å². The minimum atomic E-state index is -1.15. The van der Waals surface area contributed by atoms with Crippen LogP contribution in [0.15, 0.2) is 52.9 Å². The number of urea groups is 1. The molecule has 0 spiro atoms. The van der Waals surface area contributed by atoms with Gasteiger partial charge in [0.25, 0.3) is 0 Å². The third kappa shape index (κ3) is 6.51. The van der Waals surface area contributed by atoms with Crippen LogP contribution in [0.1, 0.15) is 53.9 Å². The number of nitrogens with two attached hydrogens (primary N) is 1. The summed E-state index contributed by atoms with van der Waals surface area (Å²) in [5.74, 6) is -0.137. The van der Waals surface area contributed by atoms with Crippen molar-refractivity contribution in [2.45, 2.75) is 39.5 Å². The van der Waals surface area contributed by atoms with Crippen molar-refractivity contribution in [1.29, 1.82) is 0 Å². The van der Waals surface area contributed by atoms with Crippen molar-refractivity contribution in [3.8, 4) is 11.5 Å². The molecule has 0 saturated carbocycles. The van der Waals surface area contributed by atoms with Crippen LogP contribution in [0.25, 0.3) is 11.0 Å². The Morgan fingerprint density at radius 1 is 1.02 bits per heavy atom. The molecule has 2 amide bonds. The monoisotopic (exact) mass is 796 g/mol. The van der Waals surface area contributed by atoms with E-state index in [1.54, 1.807) is 55.6 Å². The summed E-state index contributed by atoms with van der Waals surface area (Å²) in [6.07, 6.45) is 2.88. The SMILES string of the molecule is CCCCc1oc2ccc(N(C(N)=O)c3ccc(OC)cc3)cc2c1C(=O)c1cc(I)c(CC)c(I)c1OCC(=O)O. The van der Waals surface area contributed by atoms with E-state index >= 15 is 0 Å². The van der Waals surface area contributed by atoms with E-state index in [0.717, 1.165) is 22.0 Å². The zero-order chi connectivity index (χ0) is 30.6. The van der Waals surface area contributed by atoms with Gasteiger partial charge in [-0.3, -0.25) is 9.69 Å². The largest absolute Gasteiger partial charge is 0.497 e. The van der Waals surface area contributed by atoms with E-state index < -0.39 is 18.6 Å². The number of carbonyl (C=O) groups excluding carboxylic acids is 2. The van der Waals surface area contributed by atoms with Crippen LogP contribution in [0.3, 0.4) is 0 Å². The Kier molecular flexibility index (Phi) is 10.4. The van der Waals surface area contributed by atoms with E-state index in [-0.39, 0.29) is 17.1 Å². The number of aryl methyl sites for hydroxylation is 1. The summed E-state index contributed by atoms with van der Waals surface area (Å²) in [5.41, 5.74) is 8.82. The highest BCUT2D eigenvalue weighted by molar-refractivity contribution is 14.1. The first kappa shape index (κ1) is 31.6. The topological polar surface area (TPSA) is 132 Å². The van der Waals surface area contributed by atoms with Crippen LogP contribution < -0.4 is 20.1 Å². The Labute approximate surface area is 270 Å². The van der Waals surface area contributed by atoms with Gasteiger partial charge in [0, 0.05) is 15.4 Å². The fourth-order valence-corrected chi connectivity index (χ4v) is 7.31. The van der Waals surface area contributed by atoms with Gasteiger partial charge in [-0.2, -0.15) is 0 Å². The highest BCUT2D eigenvalue weighted by atomic mass is 127. The molecule has 0 bridgehead atoms. The molecule has 220 valence electrons. The Bertz CT molecular complexity index is 1650. The normalized spacial score (nSPS) is 11.0. The van der Waals surface area contributed by atoms with Gasteiger partial charge in [0.05, 0.1) is 33.2 Å². The number of nitrogens with zero attached hydrogens (tertiary/aromatic N) is 1. The van der Waals surface area contributed by atoms with Gasteiger partial charge < -0.3 is 24.7 Å². The highest BCUT2D eigenvalue weighted by Crippen LogP contribution is 2.39. The third-order valence-corrected chi connectivity index (χ3v) is 8.85. The third-order valence-electron chi connectivity index (χ3n) is 6.74. The number of benzene rings is 3. The number of fused-ring (bicyclic) bond motifs is 1. The predicted molar refractivity (Wildman–Crippen MR) is 177 cm³/mol. The maximum absolute atomic E-state index is 14.4. The quantitative estimate of drug-likeness (QED) is 0.112. The molecule has 0 saturated heterocycles. The lowest BCUT2D eigenvalue weighted by atomic mass is 9.96. The lowest BCUT2D eigenvalue weighted by molar-refractivity contribution is -0.139. The van der Waals surface area contributed by atoms with Gasteiger partial charge in [0.15, 0.2) is 6.61 Å². The van der Waals surface area contributed by atoms with Crippen molar-refractivity contribution in [3.05, 3.63) is 78.1 Å². The number of carbonyl (C=O) groups is 3. The molecule has 0 atom stereocenters. The average molecular weight is 796 g/mol. The maximum Gasteiger partial charge on any atom is 0.341 e. The van der Waals surface area contributed by atoms with Crippen LogP contribution >= 0.6 is 45.2 Å². The number of hydrogen-bond donors (Lipinski definition) is 2. The summed E-state index contributed by atoms with van der Waals surface area (Å²) in [6, 6.07) is 13.0. The van der Waals surface area contributed by atoms with Crippen molar-refractivity contribution in [3.63, 3.8) is 0 Å². The van der Waals surface area contributed by atoms with Gasteiger partial charge in [-0.15, -0.1) is 0 Å². The summed E-state index contributed by atoms with van der Waals surface area (Å²) < 4.78 is 18.7. The summed E-state index contributed by atoms with van der Waals surface area (Å²) in [4.78, 5) is 39.8. The predicted octanol–water partition coefficient (Wildman–Crippen LogP) is 7.47. The molecular formula is C31H30I2N2O7. The second-order valence-electron chi connectivity index (χ2n) is 9.45. The number of amides is 2. The number of ketones is 1. The molecule has 9 nitrogen and oxygen atoms in total. The second kappa shape index (κ2) is 13.8. The number of rotatable bonds is 12. The van der Waals surface area contributed by atoms with Crippen molar-refractivity contribution in [2.75, 3.05) is 18.6 Å². The zero-order valence-electron chi connectivity index (χ0n) is 23.3. The molecule has 0 unspecified atom stereocenters. The van der Waals surface area contributed by atoms with Crippen LogP contribution in [-0.2, 0) is 17.6 Å². The number of furan rings is 1. The number of anilines is 2. The van der Waals surface area contributed by atoms with Gasteiger partial charge in [0.1, 0.15) is 22.8 Å². The molecule has 0 fully saturated rings. The van der Waals surface area contributed by atoms with Crippen LogP contribution in [0, 0.1) is 7.14 Å². The molecule has 0 aliphatic rings. The van der Waals surface area contributed by atoms with Gasteiger partial charge in [-0.1, -0.05) is 20.3 Å². The van der Waals surface area contributed by atoms with Crippen molar-refractivity contribution in [1.82, 2.24) is 0 Å². The first-order valence-corrected chi connectivity index (χ1v) is 15.5. The number of carboxylic acids is 1. The van der Waals surface area contributed by atoms with Crippen molar-refractivity contribution >= 4 is 85.3 Å². The molecule has 1 heterocycles. The van der Waals surface area contributed by atoms with Crippen LogP contribution in [-0.4, -0.2) is 36.6 Å². The molecule has 3 aromatic carbocycles. The molecule has 4 aromatic rings. The van der Waals surface area contributed by atoms with Gasteiger partial charge in [-0.05, 0) is 112 Å². The van der Waals surface area contributed by atoms with E-state index in [2.05, 4.69) is 45.2 Å². The van der Waals surface area contributed by atoms with Gasteiger partial charge in [-0.25, -0.2) is 9.59 Å². The first-order chi connectivity index (χ1) is 20.1. The summed E-state index contributed by atoms with van der Waals surface area (Å²) in [6.45, 7) is 3.45. The van der Waals surface area contributed by atoms with E-state index in [0.29, 0.717) is 55.8 Å². The van der Waals surface area contributed by atoms with E-state index in [9.17, 15) is 19.5 Å². The lowest BCUT2D eigenvalue weighted by Gasteiger charge is -2.21. The van der Waals surface area contributed by atoms with Crippen molar-refractivity contribution < 1.29 is 33.4 Å². The molecule has 4 rings (SSSR count). The number of aliphatic carboxylic acids is 1. The zero-order valence-corrected chi connectivity index (χ0v) is 27.6. The minimum absolute atomic E-state index is 0.226. The molecule has 11 heteroatoms. The summed E-state index contributed by atoms with van der Waals surface area (Å²) in [5, 5.41) is 9.83. The molecule has 42 heavy (non-hydrogen) atoms. The standard InChI is InChI=1S/C31H30I2N2O7/c1-4-6-7-25-27(29(38)22-15-23(32)20(5-2)28(33)30(22)41-16-26(36)37)21-14-18(10-13-24(21)42-25)35(31(34)39)17-8-11-19(40-3)12-9-17/h8-15H,4-7,16H2,1-3H3,(H2,34,39)(H,36,37). The van der Waals surface area contributed by atoms with Crippen molar-refractivity contribution in [2.24, 2.45) is 5.73 Å². The number of halogens is 2. The van der Waals surface area contributed by atoms with Gasteiger partial charge >= 0.3 is 12.0 Å². The number of ether oxygens (including phenoxy) is 2. The Morgan fingerprint density at radius 3 is 2.31 bits per heavy atom. The Hall–Kier alpha value is -3.33. The number of primary amides is 1. The van der Waals surface area contributed by atoms with Crippen LogP contribution in [0.5, 0.6) is 11.5 Å². The Balaban J connectivity index is 1.93. The second-order valence-corrected chi connectivity index (χ2v) is 11.7. The molecule has 3 N–H and O–H groups in total. The highest BCUT2D eigenvalue weighted by Gasteiger charge is 2.28. The molecule has 0 aliphatic carbocycles. The number of carboxylic acid groups (broad SMARTS) is 1. The van der Waals surface area contributed by atoms with E-state index in [4.69, 9.17) is 19.6 Å². The van der Waals surface area contributed by atoms with E-state index in [1.807, 2.05) is 13.8 Å². The fourth-order valence-electron chi connectivity index (χ4n) is 4.71. The average Bonchev–Trinajstić information content (AvgIpc) is 3.33.